The zero-order valence-corrected chi connectivity index (χ0v) is 21.8. The summed E-state index contributed by atoms with van der Waals surface area (Å²) in [7, 11) is -4.19. The summed E-state index contributed by atoms with van der Waals surface area (Å²) in [5.74, 6) is 0. The van der Waals surface area contributed by atoms with Crippen molar-refractivity contribution in [2.45, 2.75) is 50.9 Å². The van der Waals surface area contributed by atoms with Gasteiger partial charge in [0.25, 0.3) is 10.0 Å². The van der Waals surface area contributed by atoms with E-state index in [2.05, 4.69) is 9.71 Å². The fourth-order valence-corrected chi connectivity index (χ4v) is 5.30. The number of hydrogen-bond donors (Lipinski definition) is 2. The van der Waals surface area contributed by atoms with Gasteiger partial charge in [0.15, 0.2) is 0 Å². The Hall–Kier alpha value is -2.57. The molecule has 1 fully saturated rings. The van der Waals surface area contributed by atoms with Crippen molar-refractivity contribution in [3.8, 4) is 0 Å². The van der Waals surface area contributed by atoms with Gasteiger partial charge < -0.3 is 5.11 Å². The summed E-state index contributed by atoms with van der Waals surface area (Å²) in [5, 5.41) is 9.75. The number of anilines is 1. The van der Waals surface area contributed by atoms with E-state index in [-0.39, 0.29) is 47.5 Å². The van der Waals surface area contributed by atoms with Crippen molar-refractivity contribution in [3.63, 3.8) is 0 Å². The Morgan fingerprint density at radius 3 is 2.39 bits per heavy atom. The molecule has 2 N–H and O–H groups in total. The summed E-state index contributed by atoms with van der Waals surface area (Å²) in [6.45, 7) is 8.03. The second kappa shape index (κ2) is 9.71. The normalized spacial score (nSPS) is 19.8. The van der Waals surface area contributed by atoms with E-state index in [1.807, 2.05) is 20.8 Å². The van der Waals surface area contributed by atoms with Crippen molar-refractivity contribution < 1.29 is 31.5 Å². The third-order valence-corrected chi connectivity index (χ3v) is 8.28. The van der Waals surface area contributed by atoms with Crippen LogP contribution in [-0.2, 0) is 22.7 Å². The van der Waals surface area contributed by atoms with Crippen LogP contribution in [0.15, 0.2) is 41.4 Å². The number of carboxylic acid groups (broad SMARTS) is 1. The molecule has 1 saturated heterocycles. The molecule has 0 aliphatic carbocycles. The van der Waals surface area contributed by atoms with Gasteiger partial charge in [-0.3, -0.25) is 14.5 Å². The molecule has 2 aromatic rings. The number of pyridine rings is 1. The van der Waals surface area contributed by atoms with Crippen LogP contribution >= 0.6 is 11.6 Å². The molecule has 8 nitrogen and oxygen atoms in total. The van der Waals surface area contributed by atoms with Gasteiger partial charge >= 0.3 is 12.3 Å². The first-order chi connectivity index (χ1) is 16.4. The molecule has 0 saturated carbocycles. The monoisotopic (exact) mass is 548 g/mol. The van der Waals surface area contributed by atoms with Crippen molar-refractivity contribution in [1.29, 1.82) is 0 Å². The molecule has 0 unspecified atom stereocenters. The molecule has 1 aromatic carbocycles. The van der Waals surface area contributed by atoms with Crippen molar-refractivity contribution in [1.82, 2.24) is 14.8 Å². The lowest BCUT2D eigenvalue weighted by atomic mass is 9.72. The highest BCUT2D eigenvalue weighted by molar-refractivity contribution is 7.92. The molecule has 1 atom stereocenters. The first-order valence-corrected chi connectivity index (χ1v) is 12.9. The maximum absolute atomic E-state index is 14.0. The van der Waals surface area contributed by atoms with E-state index in [0.717, 1.165) is 12.3 Å². The average Bonchev–Trinajstić information content (AvgIpc) is 2.73. The van der Waals surface area contributed by atoms with E-state index >= 15 is 0 Å². The van der Waals surface area contributed by atoms with E-state index in [0.29, 0.717) is 0 Å². The van der Waals surface area contributed by atoms with Crippen LogP contribution in [0.25, 0.3) is 0 Å². The second-order valence-corrected chi connectivity index (χ2v) is 12.0. The zero-order valence-electron chi connectivity index (χ0n) is 20.2. The number of amides is 1. The largest absolute Gasteiger partial charge is 0.465 e. The molecule has 1 aliphatic rings. The van der Waals surface area contributed by atoms with Gasteiger partial charge in [-0.1, -0.05) is 38.4 Å². The van der Waals surface area contributed by atoms with Gasteiger partial charge in [0.2, 0.25) is 0 Å². The molecule has 1 amide bonds. The Morgan fingerprint density at radius 2 is 1.86 bits per heavy atom. The minimum atomic E-state index is -4.74. The lowest BCUT2D eigenvalue weighted by Crippen LogP contribution is -2.67. The predicted molar refractivity (Wildman–Crippen MR) is 129 cm³/mol. The number of aromatic nitrogens is 1. The van der Waals surface area contributed by atoms with Crippen molar-refractivity contribution in [2.75, 3.05) is 24.4 Å². The van der Waals surface area contributed by atoms with Gasteiger partial charge in [0.05, 0.1) is 11.1 Å². The van der Waals surface area contributed by atoms with Gasteiger partial charge in [-0.2, -0.15) is 13.2 Å². The number of hydrogen-bond acceptors (Lipinski definition) is 5. The Labute approximate surface area is 213 Å². The van der Waals surface area contributed by atoms with E-state index in [1.165, 1.54) is 29.2 Å². The predicted octanol–water partition coefficient (Wildman–Crippen LogP) is 5.16. The number of nitrogens with one attached hydrogen (secondary N) is 1. The molecular formula is C23H28ClF3N4O4S. The number of alkyl halides is 3. The van der Waals surface area contributed by atoms with Crippen LogP contribution in [0.2, 0.25) is 5.15 Å². The number of carbonyl (C=O) groups is 1. The fraction of sp³-hybridized carbons (Fsp3) is 0.478. The second-order valence-electron chi connectivity index (χ2n) is 9.96. The van der Waals surface area contributed by atoms with Gasteiger partial charge in [0.1, 0.15) is 10.0 Å². The first kappa shape index (κ1) is 28.0. The zero-order chi connectivity index (χ0) is 27.1. The molecule has 13 heteroatoms. The van der Waals surface area contributed by atoms with Crippen LogP contribution in [0.3, 0.4) is 0 Å². The fourth-order valence-electron chi connectivity index (χ4n) is 4.19. The lowest BCUT2D eigenvalue weighted by Gasteiger charge is -2.54. The summed E-state index contributed by atoms with van der Waals surface area (Å²) in [6, 6.07) is 5.71. The number of benzene rings is 1. The topological polar surface area (TPSA) is 103 Å². The van der Waals surface area contributed by atoms with Crippen LogP contribution in [-0.4, -0.2) is 59.6 Å². The minimum Gasteiger partial charge on any atom is -0.465 e. The van der Waals surface area contributed by atoms with Gasteiger partial charge in [0, 0.05) is 38.1 Å². The van der Waals surface area contributed by atoms with Crippen molar-refractivity contribution >= 4 is 33.4 Å². The molecular weight excluding hydrogens is 521 g/mol. The van der Waals surface area contributed by atoms with E-state index in [9.17, 15) is 31.5 Å². The number of piperazine rings is 1. The van der Waals surface area contributed by atoms with Crippen LogP contribution in [0.4, 0.5) is 23.7 Å². The Morgan fingerprint density at radius 1 is 1.19 bits per heavy atom. The van der Waals surface area contributed by atoms with Gasteiger partial charge in [-0.05, 0) is 42.2 Å². The maximum atomic E-state index is 14.0. The van der Waals surface area contributed by atoms with Gasteiger partial charge in [-0.25, -0.2) is 18.2 Å². The Bertz CT molecular complexity index is 1230. The van der Waals surface area contributed by atoms with E-state index < -0.39 is 38.8 Å². The lowest BCUT2D eigenvalue weighted by molar-refractivity contribution is -0.138. The molecule has 1 aromatic heterocycles. The third kappa shape index (κ3) is 5.87. The summed E-state index contributed by atoms with van der Waals surface area (Å²) in [5.41, 5.74) is -2.59. The van der Waals surface area contributed by atoms with Crippen molar-refractivity contribution in [3.05, 3.63) is 52.8 Å². The molecule has 1 aliphatic heterocycles. The third-order valence-electron chi connectivity index (χ3n) is 6.69. The number of rotatable bonds is 5. The molecule has 198 valence electrons. The standard InChI is InChI=1S/C23H28ClF3N4O4S/c1-21(2,3)22(4)14-30(9-10-31(22)20(32)33)13-15-5-6-16(11-18(15)23(25,26)27)29-36(34,35)17-7-8-19(24)28-12-17/h5-8,11-12,29H,9-10,13-14H2,1-4H3,(H,32,33)/t22-/m1/s1. The molecule has 2 heterocycles. The van der Waals surface area contributed by atoms with Crippen LogP contribution in [0.1, 0.15) is 38.8 Å². The number of nitrogens with zero attached hydrogens (tertiary/aromatic N) is 3. The highest BCUT2D eigenvalue weighted by atomic mass is 35.5. The minimum absolute atomic E-state index is 0.0429. The van der Waals surface area contributed by atoms with Gasteiger partial charge in [-0.15, -0.1) is 0 Å². The van der Waals surface area contributed by atoms with Crippen LogP contribution < -0.4 is 4.72 Å². The highest BCUT2D eigenvalue weighted by Gasteiger charge is 2.48. The SMILES string of the molecule is CC(C)(C)[C@@]1(C)CN(Cc2ccc(NS(=O)(=O)c3ccc(Cl)nc3)cc2C(F)(F)F)CCN1C(=O)O. The van der Waals surface area contributed by atoms with Crippen molar-refractivity contribution in [2.24, 2.45) is 5.41 Å². The molecule has 36 heavy (non-hydrogen) atoms. The van der Waals surface area contributed by atoms with Crippen LogP contribution in [0.5, 0.6) is 0 Å². The molecule has 3 rings (SSSR count). The Balaban J connectivity index is 1.89. The summed E-state index contributed by atoms with van der Waals surface area (Å²) in [4.78, 5) is 18.4. The number of sulfonamides is 1. The maximum Gasteiger partial charge on any atom is 0.416 e. The van der Waals surface area contributed by atoms with E-state index in [1.54, 1.807) is 11.8 Å². The summed E-state index contributed by atoms with van der Waals surface area (Å²) in [6.07, 6.45) is -4.81. The average molecular weight is 549 g/mol. The molecule has 0 radical (unpaired) electrons. The number of halogens is 4. The molecule has 0 spiro atoms. The quantitative estimate of drug-likeness (QED) is 0.501. The smallest absolute Gasteiger partial charge is 0.416 e. The Kier molecular flexibility index (Phi) is 7.56. The van der Waals surface area contributed by atoms with Crippen LogP contribution in [0, 0.1) is 5.41 Å². The molecule has 0 bridgehead atoms. The van der Waals surface area contributed by atoms with E-state index in [4.69, 9.17) is 11.6 Å². The first-order valence-electron chi connectivity index (χ1n) is 11.0. The highest BCUT2D eigenvalue weighted by Crippen LogP contribution is 2.40. The summed E-state index contributed by atoms with van der Waals surface area (Å²) >= 11 is 5.67. The summed E-state index contributed by atoms with van der Waals surface area (Å²) < 4.78 is 69.3.